The lowest BCUT2D eigenvalue weighted by Gasteiger charge is -2.34. The zero-order valence-corrected chi connectivity index (χ0v) is 11.8. The third-order valence-corrected chi connectivity index (χ3v) is 3.76. The number of ether oxygens (including phenoxy) is 1. The minimum absolute atomic E-state index is 0.109. The van der Waals surface area contributed by atoms with Crippen molar-refractivity contribution in [2.45, 2.75) is 38.9 Å². The number of likely N-dealkylation sites (tertiary alicyclic amines) is 1. The predicted octanol–water partition coefficient (Wildman–Crippen LogP) is 2.28. The molecule has 1 unspecified atom stereocenters. The second-order valence-electron chi connectivity index (χ2n) is 5.18. The van der Waals surface area contributed by atoms with Crippen LogP contribution in [0, 0.1) is 5.92 Å². The van der Waals surface area contributed by atoms with Crippen molar-refractivity contribution in [3.05, 3.63) is 0 Å². The molecular formula is C13H25F3N2O. The Morgan fingerprint density at radius 3 is 2.47 bits per heavy atom. The first kappa shape index (κ1) is 16.7. The Morgan fingerprint density at radius 1 is 1.32 bits per heavy atom. The van der Waals surface area contributed by atoms with Crippen LogP contribution in [-0.2, 0) is 4.74 Å². The average Bonchev–Trinajstić information content (AvgIpc) is 2.37. The molecule has 0 saturated carbocycles. The van der Waals surface area contributed by atoms with E-state index in [4.69, 9.17) is 0 Å². The summed E-state index contributed by atoms with van der Waals surface area (Å²) in [5.74, 6) is 0.616. The summed E-state index contributed by atoms with van der Waals surface area (Å²) in [6, 6.07) is 0.341. The first-order valence-corrected chi connectivity index (χ1v) is 7.02. The number of alkyl halides is 3. The molecule has 0 amide bonds. The molecule has 0 aromatic rings. The van der Waals surface area contributed by atoms with Crippen LogP contribution in [-0.4, -0.2) is 56.5 Å². The van der Waals surface area contributed by atoms with Crippen LogP contribution >= 0.6 is 0 Å². The number of halogens is 3. The van der Waals surface area contributed by atoms with Gasteiger partial charge in [-0.05, 0) is 45.3 Å². The molecule has 1 N–H and O–H groups in total. The van der Waals surface area contributed by atoms with Crippen LogP contribution < -0.4 is 5.32 Å². The van der Waals surface area contributed by atoms with Crippen LogP contribution in [0.2, 0.25) is 0 Å². The van der Waals surface area contributed by atoms with Gasteiger partial charge in [0.2, 0.25) is 0 Å². The highest BCUT2D eigenvalue weighted by Gasteiger charge is 2.27. The van der Waals surface area contributed by atoms with Crippen molar-refractivity contribution in [2.24, 2.45) is 5.92 Å². The lowest BCUT2D eigenvalue weighted by molar-refractivity contribution is -0.173. The molecule has 3 nitrogen and oxygen atoms in total. The minimum atomic E-state index is -4.22. The average molecular weight is 282 g/mol. The maximum absolute atomic E-state index is 11.9. The van der Waals surface area contributed by atoms with Gasteiger partial charge >= 0.3 is 6.18 Å². The van der Waals surface area contributed by atoms with Crippen LogP contribution in [0.4, 0.5) is 13.2 Å². The molecule has 1 saturated heterocycles. The largest absolute Gasteiger partial charge is 0.411 e. The fourth-order valence-electron chi connectivity index (χ4n) is 2.48. The van der Waals surface area contributed by atoms with Gasteiger partial charge in [-0.25, -0.2) is 0 Å². The molecule has 0 aromatic heterocycles. The SMILES string of the molecule is CCN1CCC(C(C)NCCOCC(F)(F)F)CC1. The van der Waals surface area contributed by atoms with Gasteiger partial charge < -0.3 is 15.0 Å². The van der Waals surface area contributed by atoms with Crippen LogP contribution in [0.1, 0.15) is 26.7 Å². The molecule has 1 heterocycles. The Kier molecular flexibility index (Phi) is 7.10. The summed E-state index contributed by atoms with van der Waals surface area (Å²) in [4.78, 5) is 2.43. The Labute approximate surface area is 113 Å². The molecule has 0 bridgehead atoms. The summed E-state index contributed by atoms with van der Waals surface area (Å²) < 4.78 is 40.1. The molecule has 0 aromatic carbocycles. The van der Waals surface area contributed by atoms with Crippen LogP contribution in [0.15, 0.2) is 0 Å². The number of nitrogens with zero attached hydrogens (tertiary/aromatic N) is 1. The maximum Gasteiger partial charge on any atom is 0.411 e. The first-order valence-electron chi connectivity index (χ1n) is 7.02. The fourth-order valence-corrected chi connectivity index (χ4v) is 2.48. The Balaban J connectivity index is 2.06. The number of hydrogen-bond donors (Lipinski definition) is 1. The minimum Gasteiger partial charge on any atom is -0.371 e. The van der Waals surface area contributed by atoms with Gasteiger partial charge in [0, 0.05) is 12.6 Å². The molecule has 1 aliphatic rings. The quantitative estimate of drug-likeness (QED) is 0.725. The van der Waals surface area contributed by atoms with Crippen molar-refractivity contribution in [2.75, 3.05) is 39.4 Å². The smallest absolute Gasteiger partial charge is 0.371 e. The van der Waals surface area contributed by atoms with E-state index in [0.29, 0.717) is 18.5 Å². The van der Waals surface area contributed by atoms with Crippen LogP contribution in [0.5, 0.6) is 0 Å². The van der Waals surface area contributed by atoms with Crippen LogP contribution in [0.3, 0.4) is 0 Å². The fraction of sp³-hybridized carbons (Fsp3) is 1.00. The molecule has 1 rings (SSSR count). The molecule has 19 heavy (non-hydrogen) atoms. The van der Waals surface area contributed by atoms with E-state index in [1.807, 2.05) is 0 Å². The maximum atomic E-state index is 11.9. The summed E-state index contributed by atoms with van der Waals surface area (Å²) in [5.41, 5.74) is 0. The third kappa shape index (κ3) is 7.13. The van der Waals surface area contributed by atoms with Gasteiger partial charge in [-0.2, -0.15) is 13.2 Å². The summed E-state index contributed by atoms with van der Waals surface area (Å²) in [7, 11) is 0. The molecule has 0 aliphatic carbocycles. The van der Waals surface area contributed by atoms with Crippen molar-refractivity contribution in [3.63, 3.8) is 0 Å². The molecule has 0 spiro atoms. The zero-order valence-electron chi connectivity index (χ0n) is 11.8. The highest BCUT2D eigenvalue weighted by atomic mass is 19.4. The van der Waals surface area contributed by atoms with E-state index < -0.39 is 12.8 Å². The highest BCUT2D eigenvalue weighted by molar-refractivity contribution is 4.79. The molecule has 1 fully saturated rings. The Hall–Kier alpha value is -0.330. The van der Waals surface area contributed by atoms with Gasteiger partial charge in [0.05, 0.1) is 6.61 Å². The molecule has 1 atom stereocenters. The van der Waals surface area contributed by atoms with Crippen LogP contribution in [0.25, 0.3) is 0 Å². The van der Waals surface area contributed by atoms with E-state index in [1.54, 1.807) is 0 Å². The highest BCUT2D eigenvalue weighted by Crippen LogP contribution is 2.20. The molecule has 6 heteroatoms. The van der Waals surface area contributed by atoms with Gasteiger partial charge in [0.25, 0.3) is 0 Å². The number of piperidine rings is 1. The van der Waals surface area contributed by atoms with Crippen molar-refractivity contribution >= 4 is 0 Å². The van der Waals surface area contributed by atoms with Gasteiger partial charge in [-0.15, -0.1) is 0 Å². The van der Waals surface area contributed by atoms with E-state index in [-0.39, 0.29) is 6.61 Å². The van der Waals surface area contributed by atoms with E-state index in [9.17, 15) is 13.2 Å². The third-order valence-electron chi connectivity index (χ3n) is 3.76. The molecule has 114 valence electrons. The normalized spacial score (nSPS) is 20.7. The van der Waals surface area contributed by atoms with Gasteiger partial charge in [0.15, 0.2) is 0 Å². The van der Waals surface area contributed by atoms with Gasteiger partial charge in [0.1, 0.15) is 6.61 Å². The van der Waals surface area contributed by atoms with Gasteiger partial charge in [-0.1, -0.05) is 6.92 Å². The number of rotatable bonds is 7. The Bertz CT molecular complexity index is 241. The Morgan fingerprint density at radius 2 is 1.95 bits per heavy atom. The summed E-state index contributed by atoms with van der Waals surface area (Å²) >= 11 is 0. The van der Waals surface area contributed by atoms with E-state index in [2.05, 4.69) is 28.8 Å². The van der Waals surface area contributed by atoms with E-state index in [0.717, 1.165) is 32.5 Å². The summed E-state index contributed by atoms with van der Waals surface area (Å²) in [6.07, 6.45) is -1.91. The topological polar surface area (TPSA) is 24.5 Å². The summed E-state index contributed by atoms with van der Waals surface area (Å²) in [5, 5.41) is 3.26. The molecule has 1 aliphatic heterocycles. The van der Waals surface area contributed by atoms with Crippen molar-refractivity contribution in [3.8, 4) is 0 Å². The zero-order chi connectivity index (χ0) is 14.3. The number of hydrogen-bond acceptors (Lipinski definition) is 3. The van der Waals surface area contributed by atoms with E-state index >= 15 is 0 Å². The van der Waals surface area contributed by atoms with Crippen molar-refractivity contribution in [1.29, 1.82) is 0 Å². The lowest BCUT2D eigenvalue weighted by Crippen LogP contribution is -2.42. The second kappa shape index (κ2) is 8.07. The van der Waals surface area contributed by atoms with Crippen molar-refractivity contribution < 1.29 is 17.9 Å². The van der Waals surface area contributed by atoms with E-state index in [1.165, 1.54) is 0 Å². The monoisotopic (exact) mass is 282 g/mol. The second-order valence-corrected chi connectivity index (χ2v) is 5.18. The van der Waals surface area contributed by atoms with Gasteiger partial charge in [-0.3, -0.25) is 0 Å². The standard InChI is InChI=1S/C13H25F3N2O/c1-3-18-7-4-12(5-8-18)11(2)17-6-9-19-10-13(14,15)16/h11-12,17H,3-10H2,1-2H3. The summed E-state index contributed by atoms with van der Waals surface area (Å²) in [6.45, 7) is 7.05. The number of nitrogens with one attached hydrogen (secondary N) is 1. The molecular weight excluding hydrogens is 257 g/mol. The lowest BCUT2D eigenvalue weighted by atomic mass is 9.90. The molecule has 0 radical (unpaired) electrons. The first-order chi connectivity index (χ1) is 8.92. The predicted molar refractivity (Wildman–Crippen MR) is 69.2 cm³/mol. The van der Waals surface area contributed by atoms with Crippen molar-refractivity contribution in [1.82, 2.24) is 10.2 Å².